The van der Waals surface area contributed by atoms with E-state index in [-0.39, 0.29) is 0 Å². The Labute approximate surface area is 177 Å². The molecule has 1 aliphatic heterocycles. The molecule has 1 aliphatic rings. The highest BCUT2D eigenvalue weighted by atomic mass is 15.2. The molecule has 0 atom stereocenters. The molecule has 156 valence electrons. The molecule has 4 rings (SSSR count). The van der Waals surface area contributed by atoms with Crippen molar-refractivity contribution in [2.24, 2.45) is 4.99 Å². The fourth-order valence-corrected chi connectivity index (χ4v) is 3.82. The van der Waals surface area contributed by atoms with Crippen LogP contribution in [0.2, 0.25) is 0 Å². The number of H-pyrrole nitrogens is 1. The summed E-state index contributed by atoms with van der Waals surface area (Å²) in [5.74, 6) is 1.63. The molecule has 0 radical (unpaired) electrons. The van der Waals surface area contributed by atoms with Crippen LogP contribution in [0.25, 0.3) is 11.4 Å². The summed E-state index contributed by atoms with van der Waals surface area (Å²) in [4.78, 5) is 11.2. The van der Waals surface area contributed by atoms with E-state index in [2.05, 4.69) is 78.2 Å². The number of hydrogen-bond acceptors (Lipinski definition) is 4. The second kappa shape index (κ2) is 10.0. The number of aromatic nitrogens is 3. The van der Waals surface area contributed by atoms with Crippen LogP contribution >= 0.6 is 0 Å². The van der Waals surface area contributed by atoms with E-state index in [0.717, 1.165) is 49.8 Å². The van der Waals surface area contributed by atoms with E-state index < -0.39 is 0 Å². The number of rotatable bonds is 6. The van der Waals surface area contributed by atoms with Gasteiger partial charge in [-0.25, -0.2) is 4.98 Å². The van der Waals surface area contributed by atoms with Crippen molar-refractivity contribution in [1.82, 2.24) is 30.7 Å². The quantitative estimate of drug-likeness (QED) is 0.436. The highest BCUT2D eigenvalue weighted by Gasteiger charge is 2.20. The lowest BCUT2D eigenvalue weighted by atomic mass is 10.0. The molecule has 7 heteroatoms. The molecule has 2 aromatic carbocycles. The van der Waals surface area contributed by atoms with E-state index >= 15 is 0 Å². The number of hydrogen-bond donors (Lipinski definition) is 3. The van der Waals surface area contributed by atoms with Gasteiger partial charge >= 0.3 is 0 Å². The lowest BCUT2D eigenvalue weighted by Crippen LogP contribution is -2.48. The van der Waals surface area contributed by atoms with Crippen LogP contribution < -0.4 is 10.6 Å². The molecule has 2 heterocycles. The molecule has 3 aromatic rings. The topological polar surface area (TPSA) is 81.2 Å². The molecular formula is C23H29N7. The fraction of sp³-hybridized carbons (Fsp3) is 0.348. The maximum Gasteiger partial charge on any atom is 0.191 e. The van der Waals surface area contributed by atoms with Crippen molar-refractivity contribution in [2.45, 2.75) is 32.0 Å². The average Bonchev–Trinajstić information content (AvgIpc) is 3.34. The van der Waals surface area contributed by atoms with Crippen LogP contribution in [0, 0.1) is 0 Å². The largest absolute Gasteiger partial charge is 0.354 e. The SMILES string of the molecule is CN=C(NCc1cccc(-c2ncn[nH]2)c1)NC1CCN(Cc2ccccc2)CC1. The number of guanidine groups is 1. The Balaban J connectivity index is 1.24. The zero-order chi connectivity index (χ0) is 20.6. The smallest absolute Gasteiger partial charge is 0.191 e. The number of likely N-dealkylation sites (tertiary alicyclic amines) is 1. The molecular weight excluding hydrogens is 374 g/mol. The first kappa shape index (κ1) is 20.1. The van der Waals surface area contributed by atoms with Crippen LogP contribution in [0.4, 0.5) is 0 Å². The van der Waals surface area contributed by atoms with Gasteiger partial charge < -0.3 is 10.6 Å². The Kier molecular flexibility index (Phi) is 6.72. The number of aliphatic imine (C=N–C) groups is 1. The molecule has 1 aromatic heterocycles. The number of nitrogens with one attached hydrogen (secondary N) is 3. The number of aromatic amines is 1. The van der Waals surface area contributed by atoms with Gasteiger partial charge in [-0.2, -0.15) is 5.10 Å². The first-order valence-electron chi connectivity index (χ1n) is 10.5. The Hall–Kier alpha value is -3.19. The number of piperidine rings is 1. The lowest BCUT2D eigenvalue weighted by Gasteiger charge is -2.33. The first-order chi connectivity index (χ1) is 14.8. The second-order valence-electron chi connectivity index (χ2n) is 7.64. The van der Waals surface area contributed by atoms with E-state index in [0.29, 0.717) is 12.6 Å². The summed E-state index contributed by atoms with van der Waals surface area (Å²) in [5, 5.41) is 13.9. The van der Waals surface area contributed by atoms with Crippen LogP contribution in [0.1, 0.15) is 24.0 Å². The molecule has 0 saturated carbocycles. The summed E-state index contributed by atoms with van der Waals surface area (Å²) in [5.41, 5.74) is 3.58. The van der Waals surface area contributed by atoms with Crippen molar-refractivity contribution >= 4 is 5.96 Å². The third-order valence-corrected chi connectivity index (χ3v) is 5.48. The Morgan fingerprint density at radius 3 is 2.63 bits per heavy atom. The maximum atomic E-state index is 4.41. The van der Waals surface area contributed by atoms with Crippen molar-refractivity contribution in [3.05, 3.63) is 72.1 Å². The molecule has 0 bridgehead atoms. The molecule has 1 fully saturated rings. The van der Waals surface area contributed by atoms with Gasteiger partial charge in [0.2, 0.25) is 0 Å². The van der Waals surface area contributed by atoms with Gasteiger partial charge in [0.15, 0.2) is 11.8 Å². The zero-order valence-corrected chi connectivity index (χ0v) is 17.4. The van der Waals surface area contributed by atoms with Gasteiger partial charge in [0, 0.05) is 44.8 Å². The van der Waals surface area contributed by atoms with Crippen LogP contribution in [0.5, 0.6) is 0 Å². The predicted molar refractivity (Wildman–Crippen MR) is 120 cm³/mol. The van der Waals surface area contributed by atoms with Crippen molar-refractivity contribution in [3.8, 4) is 11.4 Å². The van der Waals surface area contributed by atoms with E-state index in [4.69, 9.17) is 0 Å². The molecule has 0 unspecified atom stereocenters. The Morgan fingerprint density at radius 2 is 1.90 bits per heavy atom. The van der Waals surface area contributed by atoms with Gasteiger partial charge in [0.25, 0.3) is 0 Å². The van der Waals surface area contributed by atoms with E-state index in [1.54, 1.807) is 0 Å². The van der Waals surface area contributed by atoms with Crippen molar-refractivity contribution in [1.29, 1.82) is 0 Å². The van der Waals surface area contributed by atoms with Crippen LogP contribution in [0.3, 0.4) is 0 Å². The third kappa shape index (κ3) is 5.45. The van der Waals surface area contributed by atoms with E-state index in [1.165, 1.54) is 17.5 Å². The Morgan fingerprint density at radius 1 is 1.10 bits per heavy atom. The van der Waals surface area contributed by atoms with Crippen LogP contribution in [-0.2, 0) is 13.1 Å². The first-order valence-corrected chi connectivity index (χ1v) is 10.5. The normalized spacial score (nSPS) is 15.8. The monoisotopic (exact) mass is 403 g/mol. The third-order valence-electron chi connectivity index (χ3n) is 5.48. The summed E-state index contributed by atoms with van der Waals surface area (Å²) in [6.07, 6.45) is 3.76. The average molecular weight is 404 g/mol. The van der Waals surface area contributed by atoms with Gasteiger partial charge in [-0.05, 0) is 30.0 Å². The second-order valence-corrected chi connectivity index (χ2v) is 7.64. The van der Waals surface area contributed by atoms with Crippen LogP contribution in [-0.4, -0.2) is 52.2 Å². The van der Waals surface area contributed by atoms with E-state index in [9.17, 15) is 0 Å². The molecule has 0 aliphatic carbocycles. The van der Waals surface area contributed by atoms with Crippen molar-refractivity contribution < 1.29 is 0 Å². The van der Waals surface area contributed by atoms with Gasteiger partial charge in [-0.15, -0.1) is 0 Å². The number of benzene rings is 2. The summed E-state index contributed by atoms with van der Waals surface area (Å²) >= 11 is 0. The fourth-order valence-electron chi connectivity index (χ4n) is 3.82. The summed E-state index contributed by atoms with van der Waals surface area (Å²) < 4.78 is 0. The zero-order valence-electron chi connectivity index (χ0n) is 17.4. The van der Waals surface area contributed by atoms with Crippen LogP contribution in [0.15, 0.2) is 65.9 Å². The number of nitrogens with zero attached hydrogens (tertiary/aromatic N) is 4. The summed E-state index contributed by atoms with van der Waals surface area (Å²) in [6, 6.07) is 19.4. The van der Waals surface area contributed by atoms with Gasteiger partial charge in [-0.3, -0.25) is 15.0 Å². The Bertz CT molecular complexity index is 929. The minimum absolute atomic E-state index is 0.448. The van der Waals surface area contributed by atoms with Gasteiger partial charge in [0.1, 0.15) is 6.33 Å². The molecule has 0 spiro atoms. The summed E-state index contributed by atoms with van der Waals surface area (Å²) in [6.45, 7) is 3.93. The van der Waals surface area contributed by atoms with E-state index in [1.807, 2.05) is 19.2 Å². The highest BCUT2D eigenvalue weighted by Crippen LogP contribution is 2.16. The predicted octanol–water partition coefficient (Wildman–Crippen LogP) is 2.80. The highest BCUT2D eigenvalue weighted by molar-refractivity contribution is 5.80. The van der Waals surface area contributed by atoms with Gasteiger partial charge in [0.05, 0.1) is 0 Å². The molecule has 3 N–H and O–H groups in total. The molecule has 1 saturated heterocycles. The summed E-state index contributed by atoms with van der Waals surface area (Å²) in [7, 11) is 1.82. The standard InChI is InChI=1S/C23H29N7/c1-24-23(25-15-19-8-5-9-20(14-19)22-26-17-27-29-22)28-21-10-12-30(13-11-21)16-18-6-3-2-4-7-18/h2-9,14,17,21H,10-13,15-16H2,1H3,(H2,24,25,28)(H,26,27,29). The van der Waals surface area contributed by atoms with Crippen molar-refractivity contribution in [2.75, 3.05) is 20.1 Å². The minimum atomic E-state index is 0.448. The molecule has 30 heavy (non-hydrogen) atoms. The lowest BCUT2D eigenvalue weighted by molar-refractivity contribution is 0.198. The van der Waals surface area contributed by atoms with Gasteiger partial charge in [-0.1, -0.05) is 48.5 Å². The molecule has 0 amide bonds. The molecule has 7 nitrogen and oxygen atoms in total. The maximum absolute atomic E-state index is 4.41. The minimum Gasteiger partial charge on any atom is -0.354 e. The van der Waals surface area contributed by atoms with Crippen molar-refractivity contribution in [3.63, 3.8) is 0 Å².